The second kappa shape index (κ2) is 6.67. The zero-order valence-corrected chi connectivity index (χ0v) is 8.57. The molecule has 3 heteroatoms. The van der Waals surface area contributed by atoms with Crippen molar-refractivity contribution < 1.29 is 9.53 Å². The van der Waals surface area contributed by atoms with Crippen LogP contribution in [0.5, 0.6) is 0 Å². The van der Waals surface area contributed by atoms with E-state index in [0.29, 0.717) is 5.56 Å². The Hall–Kier alpha value is -1.82. The fourth-order valence-corrected chi connectivity index (χ4v) is 0.807. The van der Waals surface area contributed by atoms with Crippen molar-refractivity contribution >= 4 is 5.97 Å². The van der Waals surface area contributed by atoms with Crippen LogP contribution in [0.25, 0.3) is 0 Å². The summed E-state index contributed by atoms with van der Waals surface area (Å²) in [7, 11) is 1.38. The van der Waals surface area contributed by atoms with Crippen molar-refractivity contribution in [2.75, 3.05) is 7.11 Å². The number of methoxy groups -OCH3 is 1. The first-order valence-corrected chi connectivity index (χ1v) is 4.11. The maximum atomic E-state index is 10.9. The Bertz CT molecular complexity index is 322. The Labute approximate surface area is 83.9 Å². The van der Waals surface area contributed by atoms with Gasteiger partial charge >= 0.3 is 5.97 Å². The molecule has 0 heterocycles. The third kappa shape index (κ3) is 4.27. The molecule has 0 aliphatic rings. The lowest BCUT2D eigenvalue weighted by Gasteiger charge is -1.97. The van der Waals surface area contributed by atoms with Crippen molar-refractivity contribution in [3.63, 3.8) is 0 Å². The van der Waals surface area contributed by atoms with E-state index in [1.165, 1.54) is 14.0 Å². The number of nitrogens with zero attached hydrogens (tertiary/aromatic N) is 1. The predicted molar refractivity (Wildman–Crippen MR) is 53.8 cm³/mol. The van der Waals surface area contributed by atoms with E-state index in [4.69, 9.17) is 5.26 Å². The Balaban J connectivity index is 0.000000500. The van der Waals surface area contributed by atoms with Crippen LogP contribution >= 0.6 is 0 Å². The lowest BCUT2D eigenvalue weighted by Crippen LogP contribution is -2.00. The van der Waals surface area contributed by atoms with Gasteiger partial charge in [0, 0.05) is 6.92 Å². The van der Waals surface area contributed by atoms with E-state index >= 15 is 0 Å². The quantitative estimate of drug-likeness (QED) is 0.640. The fourth-order valence-electron chi connectivity index (χ4n) is 0.807. The van der Waals surface area contributed by atoms with Gasteiger partial charge in [0.25, 0.3) is 0 Å². The van der Waals surface area contributed by atoms with Crippen molar-refractivity contribution in [1.29, 1.82) is 5.26 Å². The van der Waals surface area contributed by atoms with Gasteiger partial charge in [0.15, 0.2) is 0 Å². The number of hydrogen-bond acceptors (Lipinski definition) is 3. The highest BCUT2D eigenvalue weighted by molar-refractivity contribution is 5.89. The minimum atomic E-state index is -0.287. The summed E-state index contributed by atoms with van der Waals surface area (Å²) in [6, 6.07) is 9.01. The van der Waals surface area contributed by atoms with Crippen LogP contribution in [0, 0.1) is 18.3 Å². The summed E-state index contributed by atoms with van der Waals surface area (Å²) in [5.74, 6) is -0.287. The minimum Gasteiger partial charge on any atom is -0.465 e. The number of ether oxygens (including phenoxy) is 1. The highest BCUT2D eigenvalue weighted by Crippen LogP contribution is 2.03. The molecule has 74 valence electrons. The number of aryl methyl sites for hydroxylation is 1. The van der Waals surface area contributed by atoms with E-state index in [1.807, 2.05) is 19.1 Å². The Kier molecular flexibility index (Phi) is 5.80. The summed E-state index contributed by atoms with van der Waals surface area (Å²) in [6.07, 6.45) is 0. The van der Waals surface area contributed by atoms with E-state index in [2.05, 4.69) is 4.74 Å². The van der Waals surface area contributed by atoms with Gasteiger partial charge in [-0.25, -0.2) is 4.79 Å². The van der Waals surface area contributed by atoms with E-state index in [1.54, 1.807) is 18.2 Å². The summed E-state index contributed by atoms with van der Waals surface area (Å²) in [5.41, 5.74) is 1.73. The van der Waals surface area contributed by atoms with Gasteiger partial charge in [-0.15, -0.1) is 0 Å². The van der Waals surface area contributed by atoms with Crippen LogP contribution in [0.3, 0.4) is 0 Å². The lowest BCUT2D eigenvalue weighted by atomic mass is 10.2. The van der Waals surface area contributed by atoms with Crippen LogP contribution in [0.15, 0.2) is 24.3 Å². The van der Waals surface area contributed by atoms with E-state index in [-0.39, 0.29) is 5.97 Å². The molecule has 0 atom stereocenters. The fraction of sp³-hybridized carbons (Fsp3) is 0.273. The van der Waals surface area contributed by atoms with Crippen molar-refractivity contribution in [2.45, 2.75) is 13.8 Å². The summed E-state index contributed by atoms with van der Waals surface area (Å²) in [5, 5.41) is 7.32. The van der Waals surface area contributed by atoms with Gasteiger partial charge < -0.3 is 4.74 Å². The first-order chi connectivity index (χ1) is 6.65. The molecule has 0 aromatic heterocycles. The van der Waals surface area contributed by atoms with Crippen molar-refractivity contribution in [3.8, 4) is 6.07 Å². The summed E-state index contributed by atoms with van der Waals surface area (Å²) in [6.45, 7) is 3.40. The summed E-state index contributed by atoms with van der Waals surface area (Å²) >= 11 is 0. The average molecular weight is 191 g/mol. The number of carbonyl (C=O) groups excluding carboxylic acids is 1. The largest absolute Gasteiger partial charge is 0.465 e. The molecular formula is C11H13NO2. The van der Waals surface area contributed by atoms with Gasteiger partial charge in [-0.1, -0.05) is 17.7 Å². The van der Waals surface area contributed by atoms with Gasteiger partial charge in [0.05, 0.1) is 18.7 Å². The predicted octanol–water partition coefficient (Wildman–Crippen LogP) is 2.31. The van der Waals surface area contributed by atoms with Gasteiger partial charge in [-0.05, 0) is 19.1 Å². The van der Waals surface area contributed by atoms with E-state index in [0.717, 1.165) is 5.56 Å². The molecule has 0 radical (unpaired) electrons. The molecule has 0 aliphatic heterocycles. The zero-order chi connectivity index (χ0) is 11.0. The normalized spacial score (nSPS) is 7.86. The minimum absolute atomic E-state index is 0.287. The van der Waals surface area contributed by atoms with Crippen LogP contribution in [0.1, 0.15) is 22.8 Å². The number of benzene rings is 1. The SMILES string of the molecule is CC#N.COC(=O)c1ccc(C)cc1. The molecule has 0 fully saturated rings. The maximum absolute atomic E-state index is 10.9. The van der Waals surface area contributed by atoms with Gasteiger partial charge in [0.2, 0.25) is 0 Å². The van der Waals surface area contributed by atoms with E-state index in [9.17, 15) is 4.79 Å². The number of hydrogen-bond donors (Lipinski definition) is 0. The van der Waals surface area contributed by atoms with Crippen LogP contribution in [0.2, 0.25) is 0 Å². The molecule has 0 N–H and O–H groups in total. The van der Waals surface area contributed by atoms with Gasteiger partial charge in [0.1, 0.15) is 0 Å². The number of rotatable bonds is 1. The van der Waals surface area contributed by atoms with Gasteiger partial charge in [-0.3, -0.25) is 0 Å². The molecule has 0 saturated heterocycles. The lowest BCUT2D eigenvalue weighted by molar-refractivity contribution is 0.0601. The van der Waals surface area contributed by atoms with Crippen molar-refractivity contribution in [1.82, 2.24) is 0 Å². The smallest absolute Gasteiger partial charge is 0.337 e. The molecule has 0 bridgehead atoms. The Morgan fingerprint density at radius 1 is 1.36 bits per heavy atom. The third-order valence-corrected chi connectivity index (χ3v) is 1.47. The monoisotopic (exact) mass is 191 g/mol. The van der Waals surface area contributed by atoms with Crippen molar-refractivity contribution in [2.24, 2.45) is 0 Å². The molecule has 14 heavy (non-hydrogen) atoms. The molecule has 0 aliphatic carbocycles. The summed E-state index contributed by atoms with van der Waals surface area (Å²) < 4.78 is 4.54. The molecule has 0 unspecified atom stereocenters. The average Bonchev–Trinajstić information content (AvgIpc) is 2.19. The maximum Gasteiger partial charge on any atom is 0.337 e. The highest BCUT2D eigenvalue weighted by atomic mass is 16.5. The van der Waals surface area contributed by atoms with Crippen LogP contribution in [-0.2, 0) is 4.74 Å². The summed E-state index contributed by atoms with van der Waals surface area (Å²) in [4.78, 5) is 10.9. The standard InChI is InChI=1S/C9H10O2.C2H3N/c1-7-3-5-8(6-4-7)9(10)11-2;1-2-3/h3-6H,1-2H3;1H3. The first-order valence-electron chi connectivity index (χ1n) is 4.11. The molecule has 1 rings (SSSR count). The van der Waals surface area contributed by atoms with E-state index < -0.39 is 0 Å². The third-order valence-electron chi connectivity index (χ3n) is 1.47. The molecule has 0 amide bonds. The second-order valence-electron chi connectivity index (χ2n) is 2.58. The second-order valence-corrected chi connectivity index (χ2v) is 2.58. The highest BCUT2D eigenvalue weighted by Gasteiger charge is 2.01. The number of nitriles is 1. The first kappa shape index (κ1) is 12.2. The molecule has 0 spiro atoms. The van der Waals surface area contributed by atoms with Gasteiger partial charge in [-0.2, -0.15) is 5.26 Å². The molecule has 1 aromatic carbocycles. The van der Waals surface area contributed by atoms with Crippen LogP contribution < -0.4 is 0 Å². The van der Waals surface area contributed by atoms with Crippen molar-refractivity contribution in [3.05, 3.63) is 35.4 Å². The van der Waals surface area contributed by atoms with Crippen LogP contribution in [0.4, 0.5) is 0 Å². The van der Waals surface area contributed by atoms with Crippen LogP contribution in [-0.4, -0.2) is 13.1 Å². The molecule has 0 saturated carbocycles. The Morgan fingerprint density at radius 2 is 1.79 bits per heavy atom. The Morgan fingerprint density at radius 3 is 2.14 bits per heavy atom. The topological polar surface area (TPSA) is 50.1 Å². The molecular weight excluding hydrogens is 178 g/mol. The zero-order valence-electron chi connectivity index (χ0n) is 8.57. The number of esters is 1. The number of carbonyl (C=O) groups is 1. The molecule has 1 aromatic rings. The molecule has 3 nitrogen and oxygen atoms in total.